The van der Waals surface area contributed by atoms with Gasteiger partial charge in [0, 0.05) is 6.54 Å². The van der Waals surface area contributed by atoms with Gasteiger partial charge in [0.1, 0.15) is 0 Å². The van der Waals surface area contributed by atoms with Crippen LogP contribution in [0.4, 0.5) is 0 Å². The molecule has 0 bridgehead atoms. The third-order valence-corrected chi connectivity index (χ3v) is 2.95. The van der Waals surface area contributed by atoms with Crippen molar-refractivity contribution in [3.05, 3.63) is 59.7 Å². The molecule has 3 nitrogen and oxygen atoms in total. The normalized spacial score (nSPS) is 10.7. The van der Waals surface area contributed by atoms with Crippen LogP contribution in [0.2, 0.25) is 0 Å². The summed E-state index contributed by atoms with van der Waals surface area (Å²) in [5.74, 6) is -0.895. The van der Waals surface area contributed by atoms with Gasteiger partial charge in [0.15, 0.2) is 0 Å². The monoisotopic (exact) mass is 255 g/mol. The molecule has 0 saturated heterocycles. The van der Waals surface area contributed by atoms with Crippen LogP contribution in [0.3, 0.4) is 0 Å². The molecule has 2 aromatic carbocycles. The van der Waals surface area contributed by atoms with Gasteiger partial charge in [0.05, 0.1) is 5.56 Å². The standard InChI is InChI=1S/C16H17NO2/c1-17(2)11-14-5-3-4-6-15(14)12-7-9-13(10-8-12)16(18)19/h3-10H,11H2,1-2H3,(H,18,19). The second kappa shape index (κ2) is 5.67. The van der Waals surface area contributed by atoms with E-state index in [0.29, 0.717) is 5.56 Å². The lowest BCUT2D eigenvalue weighted by atomic mass is 9.98. The van der Waals surface area contributed by atoms with Crippen LogP contribution in [0.1, 0.15) is 15.9 Å². The maximum atomic E-state index is 10.9. The highest BCUT2D eigenvalue weighted by molar-refractivity contribution is 5.88. The number of nitrogens with zero attached hydrogens (tertiary/aromatic N) is 1. The molecule has 0 amide bonds. The molecule has 0 aromatic heterocycles. The minimum atomic E-state index is -0.895. The Hall–Kier alpha value is -2.13. The van der Waals surface area contributed by atoms with E-state index in [1.807, 2.05) is 38.4 Å². The van der Waals surface area contributed by atoms with E-state index in [2.05, 4.69) is 17.0 Å². The van der Waals surface area contributed by atoms with E-state index in [0.717, 1.165) is 17.7 Å². The van der Waals surface area contributed by atoms with Crippen molar-refractivity contribution in [3.63, 3.8) is 0 Å². The first kappa shape index (κ1) is 13.3. The van der Waals surface area contributed by atoms with Gasteiger partial charge in [0.25, 0.3) is 0 Å². The van der Waals surface area contributed by atoms with E-state index >= 15 is 0 Å². The predicted molar refractivity (Wildman–Crippen MR) is 76.2 cm³/mol. The summed E-state index contributed by atoms with van der Waals surface area (Å²) in [6.07, 6.45) is 0. The molecule has 0 radical (unpaired) electrons. The van der Waals surface area contributed by atoms with Gasteiger partial charge in [0.2, 0.25) is 0 Å². The number of benzene rings is 2. The largest absolute Gasteiger partial charge is 0.478 e. The molecule has 1 N–H and O–H groups in total. The lowest BCUT2D eigenvalue weighted by Gasteiger charge is -2.14. The Bertz CT molecular complexity index is 574. The van der Waals surface area contributed by atoms with Gasteiger partial charge in [-0.2, -0.15) is 0 Å². The van der Waals surface area contributed by atoms with Crippen LogP contribution >= 0.6 is 0 Å². The Balaban J connectivity index is 2.38. The van der Waals surface area contributed by atoms with Crippen molar-refractivity contribution < 1.29 is 9.90 Å². The lowest BCUT2D eigenvalue weighted by Crippen LogP contribution is -2.11. The zero-order chi connectivity index (χ0) is 13.8. The summed E-state index contributed by atoms with van der Waals surface area (Å²) in [4.78, 5) is 13.0. The Kier molecular flexibility index (Phi) is 3.97. The van der Waals surface area contributed by atoms with Gasteiger partial charge in [-0.1, -0.05) is 36.4 Å². The number of carboxylic acids is 1. The molecule has 19 heavy (non-hydrogen) atoms. The van der Waals surface area contributed by atoms with E-state index in [1.54, 1.807) is 12.1 Å². The average molecular weight is 255 g/mol. The first-order valence-electron chi connectivity index (χ1n) is 6.14. The van der Waals surface area contributed by atoms with E-state index in [9.17, 15) is 4.79 Å². The summed E-state index contributed by atoms with van der Waals surface area (Å²) in [5.41, 5.74) is 3.74. The molecule has 0 aliphatic rings. The van der Waals surface area contributed by atoms with Gasteiger partial charge < -0.3 is 10.0 Å². The van der Waals surface area contributed by atoms with E-state index in [1.165, 1.54) is 5.56 Å². The molecular formula is C16H17NO2. The van der Waals surface area contributed by atoms with Crippen LogP contribution in [0.15, 0.2) is 48.5 Å². The molecule has 0 unspecified atom stereocenters. The van der Waals surface area contributed by atoms with E-state index in [4.69, 9.17) is 5.11 Å². The third-order valence-electron chi connectivity index (χ3n) is 2.95. The lowest BCUT2D eigenvalue weighted by molar-refractivity contribution is 0.0697. The van der Waals surface area contributed by atoms with Crippen LogP contribution in [-0.2, 0) is 6.54 Å². The number of carbonyl (C=O) groups is 1. The molecule has 0 spiro atoms. The molecule has 0 aliphatic heterocycles. The highest BCUT2D eigenvalue weighted by atomic mass is 16.4. The van der Waals surface area contributed by atoms with Gasteiger partial charge in [-0.3, -0.25) is 0 Å². The Labute approximate surface area is 113 Å². The average Bonchev–Trinajstić information content (AvgIpc) is 2.39. The second-order valence-corrected chi connectivity index (χ2v) is 4.78. The molecule has 0 heterocycles. The zero-order valence-electron chi connectivity index (χ0n) is 11.1. The molecular weight excluding hydrogens is 238 g/mol. The number of hydrogen-bond acceptors (Lipinski definition) is 2. The number of rotatable bonds is 4. The summed E-state index contributed by atoms with van der Waals surface area (Å²) in [6, 6.07) is 15.2. The topological polar surface area (TPSA) is 40.5 Å². The quantitative estimate of drug-likeness (QED) is 0.912. The first-order chi connectivity index (χ1) is 9.08. The van der Waals surface area contributed by atoms with Crippen molar-refractivity contribution in [1.29, 1.82) is 0 Å². The van der Waals surface area contributed by atoms with Crippen molar-refractivity contribution in [2.45, 2.75) is 6.54 Å². The fourth-order valence-electron chi connectivity index (χ4n) is 2.07. The summed E-state index contributed by atoms with van der Waals surface area (Å²) < 4.78 is 0. The van der Waals surface area contributed by atoms with Crippen molar-refractivity contribution >= 4 is 5.97 Å². The van der Waals surface area contributed by atoms with Crippen molar-refractivity contribution in [2.24, 2.45) is 0 Å². The molecule has 2 rings (SSSR count). The summed E-state index contributed by atoms with van der Waals surface area (Å²) >= 11 is 0. The third kappa shape index (κ3) is 3.20. The number of hydrogen-bond donors (Lipinski definition) is 1. The molecule has 0 fully saturated rings. The Morgan fingerprint density at radius 2 is 1.68 bits per heavy atom. The van der Waals surface area contributed by atoms with Crippen molar-refractivity contribution in [1.82, 2.24) is 4.90 Å². The number of carboxylic acid groups (broad SMARTS) is 1. The maximum Gasteiger partial charge on any atom is 0.335 e. The van der Waals surface area contributed by atoms with Crippen LogP contribution in [-0.4, -0.2) is 30.1 Å². The maximum absolute atomic E-state index is 10.9. The zero-order valence-corrected chi connectivity index (χ0v) is 11.1. The molecule has 3 heteroatoms. The molecule has 0 saturated carbocycles. The van der Waals surface area contributed by atoms with Gasteiger partial charge in [-0.15, -0.1) is 0 Å². The highest BCUT2D eigenvalue weighted by Gasteiger charge is 2.07. The van der Waals surface area contributed by atoms with Gasteiger partial charge >= 0.3 is 5.97 Å². The molecule has 98 valence electrons. The smallest absolute Gasteiger partial charge is 0.335 e. The van der Waals surface area contributed by atoms with Crippen LogP contribution in [0.5, 0.6) is 0 Å². The number of aromatic carboxylic acids is 1. The predicted octanol–water partition coefficient (Wildman–Crippen LogP) is 3.11. The first-order valence-corrected chi connectivity index (χ1v) is 6.14. The fourth-order valence-corrected chi connectivity index (χ4v) is 2.07. The summed E-state index contributed by atoms with van der Waals surface area (Å²) in [5, 5.41) is 8.91. The SMILES string of the molecule is CN(C)Cc1ccccc1-c1ccc(C(=O)O)cc1. The Morgan fingerprint density at radius 3 is 2.26 bits per heavy atom. The summed E-state index contributed by atoms with van der Waals surface area (Å²) in [7, 11) is 4.06. The van der Waals surface area contributed by atoms with E-state index < -0.39 is 5.97 Å². The van der Waals surface area contributed by atoms with E-state index in [-0.39, 0.29) is 0 Å². The minimum Gasteiger partial charge on any atom is -0.478 e. The Morgan fingerprint density at radius 1 is 1.05 bits per heavy atom. The van der Waals surface area contributed by atoms with Crippen LogP contribution in [0, 0.1) is 0 Å². The molecule has 2 aromatic rings. The second-order valence-electron chi connectivity index (χ2n) is 4.78. The minimum absolute atomic E-state index is 0.314. The van der Waals surface area contributed by atoms with Crippen molar-refractivity contribution in [3.8, 4) is 11.1 Å². The molecule has 0 aliphatic carbocycles. The van der Waals surface area contributed by atoms with Crippen LogP contribution < -0.4 is 0 Å². The van der Waals surface area contributed by atoms with Crippen molar-refractivity contribution in [2.75, 3.05) is 14.1 Å². The van der Waals surface area contributed by atoms with Gasteiger partial charge in [-0.05, 0) is 42.9 Å². The fraction of sp³-hybridized carbons (Fsp3) is 0.188. The van der Waals surface area contributed by atoms with Gasteiger partial charge in [-0.25, -0.2) is 4.79 Å². The summed E-state index contributed by atoms with van der Waals surface area (Å²) in [6.45, 7) is 0.858. The van der Waals surface area contributed by atoms with Crippen LogP contribution in [0.25, 0.3) is 11.1 Å². The molecule has 0 atom stereocenters. The highest BCUT2D eigenvalue weighted by Crippen LogP contribution is 2.24.